The zero-order valence-electron chi connectivity index (χ0n) is 19.4. The van der Waals surface area contributed by atoms with Gasteiger partial charge in [-0.2, -0.15) is 15.3 Å². The van der Waals surface area contributed by atoms with E-state index in [-0.39, 0.29) is 12.1 Å². The first-order valence-electron chi connectivity index (χ1n) is 11.8. The zero-order valence-corrected chi connectivity index (χ0v) is 19.4. The van der Waals surface area contributed by atoms with Crippen molar-refractivity contribution in [1.29, 1.82) is 0 Å². The third kappa shape index (κ3) is 3.49. The van der Waals surface area contributed by atoms with Crippen molar-refractivity contribution < 1.29 is 18.7 Å². The smallest absolute Gasteiger partial charge is 0.408 e. The van der Waals surface area contributed by atoms with Crippen molar-refractivity contribution in [3.63, 3.8) is 0 Å². The van der Waals surface area contributed by atoms with E-state index in [0.29, 0.717) is 23.0 Å². The maximum absolute atomic E-state index is 15.2. The third-order valence-electron chi connectivity index (χ3n) is 7.29. The average Bonchev–Trinajstić information content (AvgIpc) is 3.59. The minimum Gasteiger partial charge on any atom is -0.441 e. The normalized spacial score (nSPS) is 28.5. The van der Waals surface area contributed by atoms with Gasteiger partial charge in [-0.05, 0) is 31.2 Å². The van der Waals surface area contributed by atoms with Crippen LogP contribution in [0, 0.1) is 5.92 Å². The van der Waals surface area contributed by atoms with Crippen molar-refractivity contribution in [2.45, 2.75) is 43.2 Å². The van der Waals surface area contributed by atoms with Crippen LogP contribution in [-0.4, -0.2) is 65.1 Å². The fourth-order valence-electron chi connectivity index (χ4n) is 5.33. The van der Waals surface area contributed by atoms with Crippen LogP contribution >= 0.6 is 0 Å². The number of amides is 1. The van der Waals surface area contributed by atoms with Crippen LogP contribution in [0.1, 0.15) is 31.1 Å². The lowest BCUT2D eigenvalue weighted by atomic mass is 9.50. The van der Waals surface area contributed by atoms with Gasteiger partial charge in [-0.25, -0.2) is 18.7 Å². The molecule has 0 aromatic carbocycles. The van der Waals surface area contributed by atoms with Gasteiger partial charge in [0.05, 0.1) is 36.6 Å². The Morgan fingerprint density at radius 2 is 2.17 bits per heavy atom. The molecule has 0 spiro atoms. The Morgan fingerprint density at radius 3 is 2.92 bits per heavy atom. The second-order valence-corrected chi connectivity index (χ2v) is 9.90. The number of alkyl halides is 1. The summed E-state index contributed by atoms with van der Waals surface area (Å²) in [6.07, 6.45) is 6.03. The average molecular weight is 494 g/mol. The number of carbonyl (C=O) groups is 1. The molecule has 4 aliphatic rings. The number of carbonyl (C=O) groups excluding carboxylic acids is 1. The minimum absolute atomic E-state index is 0.0260. The number of fused-ring (bicyclic) bond motifs is 1. The number of rotatable bonds is 6. The molecule has 0 unspecified atom stereocenters. The number of aromatic nitrogens is 7. The van der Waals surface area contributed by atoms with Gasteiger partial charge in [-0.15, -0.1) is 0 Å². The van der Waals surface area contributed by atoms with Crippen molar-refractivity contribution >= 4 is 23.2 Å². The number of hydrogen-bond donors (Lipinski definition) is 3. The lowest BCUT2D eigenvalue weighted by Gasteiger charge is -2.61. The van der Waals surface area contributed by atoms with Gasteiger partial charge in [0.2, 0.25) is 0 Å². The first-order valence-corrected chi connectivity index (χ1v) is 11.8. The standard InChI is InChI=1S/C23H24FN9O3/c1-32-9-13(8-26-32)15-10-33-16(2-3-25-33)21(27-15)28-18-4-14(30-31-18)20-19(24)17(11-35-20)36-22(34)29-23-5-12(6-23)7-23/h2-4,8-10,12,17,19-20H,5-7,11H2,1H3,(H,29,34)(H2,27,28,30,31)/t12?,17-,19+,20-,23?/m1/s1. The van der Waals surface area contributed by atoms with E-state index in [1.54, 1.807) is 27.7 Å². The van der Waals surface area contributed by atoms with Crippen LogP contribution < -0.4 is 10.6 Å². The number of nitrogens with one attached hydrogen (secondary N) is 3. The van der Waals surface area contributed by atoms with Gasteiger partial charge < -0.3 is 20.1 Å². The summed E-state index contributed by atoms with van der Waals surface area (Å²) in [6, 6.07) is 3.49. The maximum atomic E-state index is 15.2. The van der Waals surface area contributed by atoms with Crippen molar-refractivity contribution in [3.05, 3.63) is 42.6 Å². The number of aryl methyl sites for hydroxylation is 1. The van der Waals surface area contributed by atoms with Crippen molar-refractivity contribution in [2.75, 3.05) is 11.9 Å². The molecule has 4 aromatic heterocycles. The third-order valence-corrected chi connectivity index (χ3v) is 7.29. The van der Waals surface area contributed by atoms with Crippen LogP contribution in [0.4, 0.5) is 20.8 Å². The Hall–Kier alpha value is -4.00. The summed E-state index contributed by atoms with van der Waals surface area (Å²) in [5, 5.41) is 21.7. The van der Waals surface area contributed by atoms with Crippen molar-refractivity contribution in [2.24, 2.45) is 13.0 Å². The fourth-order valence-corrected chi connectivity index (χ4v) is 5.33. The predicted molar refractivity (Wildman–Crippen MR) is 124 cm³/mol. The van der Waals surface area contributed by atoms with Gasteiger partial charge >= 0.3 is 6.09 Å². The predicted octanol–water partition coefficient (Wildman–Crippen LogP) is 2.65. The van der Waals surface area contributed by atoms with E-state index in [1.165, 1.54) is 0 Å². The molecule has 4 fully saturated rings. The van der Waals surface area contributed by atoms with Crippen molar-refractivity contribution in [3.8, 4) is 11.3 Å². The Morgan fingerprint density at radius 1 is 1.31 bits per heavy atom. The number of ether oxygens (including phenoxy) is 2. The largest absolute Gasteiger partial charge is 0.441 e. The van der Waals surface area contributed by atoms with Gasteiger partial charge in [0, 0.05) is 30.4 Å². The van der Waals surface area contributed by atoms with Gasteiger partial charge in [0.1, 0.15) is 11.6 Å². The number of alkyl carbamates (subject to hydrolysis) is 1. The molecule has 3 N–H and O–H groups in total. The number of aromatic amines is 1. The number of H-pyrrole nitrogens is 1. The van der Waals surface area contributed by atoms with Gasteiger partial charge in [0.25, 0.3) is 0 Å². The monoisotopic (exact) mass is 493 g/mol. The summed E-state index contributed by atoms with van der Waals surface area (Å²) in [6.45, 7) is -0.0260. The van der Waals surface area contributed by atoms with E-state index in [4.69, 9.17) is 14.5 Å². The molecule has 2 bridgehead atoms. The summed E-state index contributed by atoms with van der Waals surface area (Å²) in [5.41, 5.74) is 2.57. The molecule has 12 nitrogen and oxygen atoms in total. The molecule has 5 heterocycles. The second kappa shape index (κ2) is 7.75. The molecule has 4 aromatic rings. The van der Waals surface area contributed by atoms with E-state index >= 15 is 4.39 Å². The van der Waals surface area contributed by atoms with Crippen LogP contribution in [0.25, 0.3) is 16.8 Å². The fraction of sp³-hybridized carbons (Fsp3) is 0.435. The molecule has 3 aliphatic carbocycles. The van der Waals surface area contributed by atoms with Crippen molar-refractivity contribution in [1.82, 2.24) is 39.9 Å². The van der Waals surface area contributed by atoms with E-state index in [1.807, 2.05) is 25.5 Å². The molecule has 1 amide bonds. The van der Waals surface area contributed by atoms with E-state index in [0.717, 1.165) is 36.3 Å². The maximum Gasteiger partial charge on any atom is 0.408 e. The highest BCUT2D eigenvalue weighted by Gasteiger charge is 2.58. The Labute approximate surface area is 204 Å². The zero-order chi connectivity index (χ0) is 24.4. The Bertz CT molecular complexity index is 1440. The van der Waals surface area contributed by atoms with Gasteiger partial charge in [-0.3, -0.25) is 9.78 Å². The molecular weight excluding hydrogens is 469 g/mol. The van der Waals surface area contributed by atoms with Gasteiger partial charge in [0.15, 0.2) is 23.9 Å². The van der Waals surface area contributed by atoms with E-state index < -0.39 is 24.5 Å². The molecule has 13 heteroatoms. The highest BCUT2D eigenvalue weighted by molar-refractivity contribution is 5.75. The lowest BCUT2D eigenvalue weighted by molar-refractivity contribution is -0.0528. The Kier molecular flexibility index (Phi) is 4.58. The summed E-state index contributed by atoms with van der Waals surface area (Å²) >= 11 is 0. The summed E-state index contributed by atoms with van der Waals surface area (Å²) < 4.78 is 29.5. The van der Waals surface area contributed by atoms with Gasteiger partial charge in [-0.1, -0.05) is 0 Å². The molecular formula is C23H24FN9O3. The molecule has 0 radical (unpaired) electrons. The SMILES string of the molecule is Cn1cc(-c2cn3nccc3c(Nc3cc([C@H]4OC[C@@H](OC(=O)NC56CC(C5)C6)[C@@H]4F)[nH]n3)n2)cn1. The molecule has 1 saturated heterocycles. The van der Waals surface area contributed by atoms with E-state index in [2.05, 4.69) is 31.0 Å². The number of halogens is 1. The molecule has 1 aliphatic heterocycles. The van der Waals surface area contributed by atoms with Crippen LogP contribution in [0.3, 0.4) is 0 Å². The molecule has 8 rings (SSSR count). The highest BCUT2D eigenvalue weighted by atomic mass is 19.1. The number of anilines is 2. The van der Waals surface area contributed by atoms with Crippen LogP contribution in [-0.2, 0) is 16.5 Å². The van der Waals surface area contributed by atoms with Crippen LogP contribution in [0.15, 0.2) is 36.9 Å². The topological polar surface area (TPSA) is 136 Å². The molecule has 36 heavy (non-hydrogen) atoms. The first-order chi connectivity index (χ1) is 17.4. The summed E-state index contributed by atoms with van der Waals surface area (Å²) in [5.74, 6) is 1.69. The Balaban J connectivity index is 1.06. The molecule has 3 saturated carbocycles. The molecule has 3 atom stereocenters. The lowest BCUT2D eigenvalue weighted by Crippen LogP contribution is -2.68. The van der Waals surface area contributed by atoms with Crippen LogP contribution in [0.2, 0.25) is 0 Å². The molecule has 186 valence electrons. The summed E-state index contributed by atoms with van der Waals surface area (Å²) in [4.78, 5) is 17.0. The van der Waals surface area contributed by atoms with E-state index in [9.17, 15) is 4.79 Å². The summed E-state index contributed by atoms with van der Waals surface area (Å²) in [7, 11) is 1.84. The second-order valence-electron chi connectivity index (χ2n) is 9.90. The van der Waals surface area contributed by atoms with Crippen LogP contribution in [0.5, 0.6) is 0 Å². The first kappa shape index (κ1) is 21.3. The number of hydrogen-bond acceptors (Lipinski definition) is 8. The quantitative estimate of drug-likeness (QED) is 0.373. The minimum atomic E-state index is -1.52. The number of nitrogens with zero attached hydrogens (tertiary/aromatic N) is 6. The highest BCUT2D eigenvalue weighted by Crippen LogP contribution is 2.57.